The first-order valence-electron chi connectivity index (χ1n) is 7.74. The number of aromatic nitrogens is 2. The fourth-order valence-corrected chi connectivity index (χ4v) is 4.81. The molecule has 5 heteroatoms. The van der Waals surface area contributed by atoms with Gasteiger partial charge in [0.2, 0.25) is 0 Å². The van der Waals surface area contributed by atoms with Crippen LogP contribution in [0, 0.1) is 5.92 Å². The summed E-state index contributed by atoms with van der Waals surface area (Å²) in [5, 5.41) is 1.26. The molecular weight excluding hydrogens is 282 g/mol. The van der Waals surface area contributed by atoms with Crippen LogP contribution in [-0.4, -0.2) is 28.8 Å². The molecule has 0 bridgehead atoms. The molecule has 0 amide bonds. The number of ketones is 1. The van der Waals surface area contributed by atoms with Crippen LogP contribution in [0.1, 0.15) is 36.6 Å². The third kappa shape index (κ3) is 2.24. The largest absolute Gasteiger partial charge is 0.355 e. The Labute approximate surface area is 128 Å². The monoisotopic (exact) mass is 301 g/mol. The molecule has 1 aliphatic carbocycles. The van der Waals surface area contributed by atoms with Crippen LogP contribution in [0.4, 0.5) is 5.82 Å². The van der Waals surface area contributed by atoms with Crippen LogP contribution in [0.5, 0.6) is 0 Å². The minimum Gasteiger partial charge on any atom is -0.355 e. The van der Waals surface area contributed by atoms with Gasteiger partial charge in [-0.2, -0.15) is 0 Å². The zero-order valence-corrected chi connectivity index (χ0v) is 13.1. The van der Waals surface area contributed by atoms with Crippen LogP contribution in [-0.2, 0) is 17.6 Å². The van der Waals surface area contributed by atoms with Crippen molar-refractivity contribution in [2.75, 3.05) is 18.0 Å². The average molecular weight is 301 g/mol. The summed E-state index contributed by atoms with van der Waals surface area (Å²) in [5.74, 6) is 2.20. The van der Waals surface area contributed by atoms with Crippen molar-refractivity contribution in [1.29, 1.82) is 0 Å². The van der Waals surface area contributed by atoms with Crippen molar-refractivity contribution in [3.8, 4) is 0 Å². The molecule has 1 aliphatic heterocycles. The predicted octanol–water partition coefficient (Wildman–Crippen LogP) is 2.99. The van der Waals surface area contributed by atoms with E-state index in [2.05, 4.69) is 21.8 Å². The van der Waals surface area contributed by atoms with Crippen LogP contribution < -0.4 is 4.90 Å². The highest BCUT2D eigenvalue weighted by Crippen LogP contribution is 2.40. The van der Waals surface area contributed by atoms with Gasteiger partial charge in [-0.1, -0.05) is 6.92 Å². The predicted molar refractivity (Wildman–Crippen MR) is 85.1 cm³/mol. The fourth-order valence-electron chi connectivity index (χ4n) is 3.47. The molecule has 0 radical (unpaired) electrons. The number of aryl methyl sites for hydroxylation is 1. The number of fused-ring (bicyclic) bond motifs is 3. The fraction of sp³-hybridized carbons (Fsp3) is 0.562. The zero-order valence-electron chi connectivity index (χ0n) is 12.3. The molecule has 4 rings (SSSR count). The van der Waals surface area contributed by atoms with E-state index >= 15 is 0 Å². The van der Waals surface area contributed by atoms with Gasteiger partial charge in [0, 0.05) is 30.8 Å². The van der Waals surface area contributed by atoms with Crippen molar-refractivity contribution in [2.45, 2.75) is 39.0 Å². The van der Waals surface area contributed by atoms with Gasteiger partial charge in [0.1, 0.15) is 22.8 Å². The Morgan fingerprint density at radius 3 is 2.86 bits per heavy atom. The third-order valence-electron chi connectivity index (χ3n) is 4.69. The van der Waals surface area contributed by atoms with Crippen LogP contribution in [0.15, 0.2) is 6.33 Å². The van der Waals surface area contributed by atoms with Gasteiger partial charge >= 0.3 is 0 Å². The normalized spacial score (nSPS) is 22.6. The van der Waals surface area contributed by atoms with Gasteiger partial charge in [-0.05, 0) is 30.7 Å². The highest BCUT2D eigenvalue weighted by atomic mass is 32.1. The molecule has 1 saturated heterocycles. The van der Waals surface area contributed by atoms with Crippen molar-refractivity contribution in [2.24, 2.45) is 5.92 Å². The SMILES string of the molecule is C[C@H]1CCc2c(sc3ncnc(N4CCC(=O)CC4)c23)C1. The van der Waals surface area contributed by atoms with Gasteiger partial charge < -0.3 is 4.90 Å². The van der Waals surface area contributed by atoms with Crippen LogP contribution in [0.2, 0.25) is 0 Å². The molecule has 0 N–H and O–H groups in total. The maximum atomic E-state index is 11.5. The van der Waals surface area contributed by atoms with Crippen molar-refractivity contribution in [3.63, 3.8) is 0 Å². The number of rotatable bonds is 1. The lowest BCUT2D eigenvalue weighted by Crippen LogP contribution is -2.34. The Bertz CT molecular complexity index is 699. The summed E-state index contributed by atoms with van der Waals surface area (Å²) in [6.07, 6.45) is 6.55. The Morgan fingerprint density at radius 2 is 2.05 bits per heavy atom. The number of hydrogen-bond acceptors (Lipinski definition) is 5. The standard InChI is InChI=1S/C16H19N3OS/c1-10-2-3-12-13(8-10)21-16-14(12)15(17-9-18-16)19-6-4-11(20)5-7-19/h9-10H,2-8H2,1H3/t10-/m0/s1. The van der Waals surface area contributed by atoms with Crippen molar-refractivity contribution >= 4 is 33.2 Å². The molecule has 2 aromatic rings. The number of carbonyl (C=O) groups is 1. The van der Waals surface area contributed by atoms with Gasteiger partial charge in [0.25, 0.3) is 0 Å². The van der Waals surface area contributed by atoms with E-state index in [-0.39, 0.29) is 0 Å². The van der Waals surface area contributed by atoms with Gasteiger partial charge in [-0.3, -0.25) is 4.79 Å². The number of nitrogens with zero attached hydrogens (tertiary/aromatic N) is 3. The quantitative estimate of drug-likeness (QED) is 0.812. The van der Waals surface area contributed by atoms with Gasteiger partial charge in [-0.15, -0.1) is 11.3 Å². The summed E-state index contributed by atoms with van der Waals surface area (Å²) < 4.78 is 0. The Hall–Kier alpha value is -1.49. The first-order chi connectivity index (χ1) is 10.2. The molecule has 0 saturated carbocycles. The molecule has 1 atom stereocenters. The summed E-state index contributed by atoms with van der Waals surface area (Å²) in [5.41, 5.74) is 1.47. The maximum absolute atomic E-state index is 11.5. The first kappa shape index (κ1) is 13.2. The summed E-state index contributed by atoms with van der Waals surface area (Å²) in [6, 6.07) is 0. The molecule has 21 heavy (non-hydrogen) atoms. The van der Waals surface area contributed by atoms with Crippen molar-refractivity contribution < 1.29 is 4.79 Å². The minimum atomic E-state index is 0.373. The van der Waals surface area contributed by atoms with E-state index in [1.165, 1.54) is 28.7 Å². The van der Waals surface area contributed by atoms with Crippen molar-refractivity contribution in [3.05, 3.63) is 16.8 Å². The van der Waals surface area contributed by atoms with E-state index in [0.717, 1.165) is 36.1 Å². The molecule has 2 aliphatic rings. The number of thiophene rings is 1. The maximum Gasteiger partial charge on any atom is 0.141 e. The second-order valence-corrected chi connectivity index (χ2v) is 7.34. The number of anilines is 1. The second-order valence-electron chi connectivity index (χ2n) is 6.25. The van der Waals surface area contributed by atoms with Gasteiger partial charge in [0.15, 0.2) is 0 Å². The lowest BCUT2D eigenvalue weighted by Gasteiger charge is -2.28. The number of hydrogen-bond donors (Lipinski definition) is 0. The van der Waals surface area contributed by atoms with Gasteiger partial charge in [0.05, 0.1) is 5.39 Å². The van der Waals surface area contributed by atoms with E-state index < -0.39 is 0 Å². The lowest BCUT2D eigenvalue weighted by molar-refractivity contribution is -0.119. The molecule has 0 unspecified atom stereocenters. The number of carbonyl (C=O) groups excluding carboxylic acids is 1. The number of piperidine rings is 1. The molecule has 110 valence electrons. The lowest BCUT2D eigenvalue weighted by atomic mass is 9.89. The van der Waals surface area contributed by atoms with Gasteiger partial charge in [-0.25, -0.2) is 9.97 Å². The van der Waals surface area contributed by atoms with Crippen LogP contribution >= 0.6 is 11.3 Å². The molecule has 0 aromatic carbocycles. The zero-order chi connectivity index (χ0) is 14.4. The average Bonchev–Trinajstić information content (AvgIpc) is 2.85. The summed E-state index contributed by atoms with van der Waals surface area (Å²) in [6.45, 7) is 3.92. The smallest absolute Gasteiger partial charge is 0.141 e. The molecule has 3 heterocycles. The topological polar surface area (TPSA) is 46.1 Å². The molecular formula is C16H19N3OS. The van der Waals surface area contributed by atoms with E-state index in [1.807, 2.05) is 11.3 Å². The van der Waals surface area contributed by atoms with Crippen molar-refractivity contribution in [1.82, 2.24) is 9.97 Å². The summed E-state index contributed by atoms with van der Waals surface area (Å²) in [7, 11) is 0. The van der Waals surface area contributed by atoms with E-state index in [1.54, 1.807) is 6.33 Å². The molecule has 4 nitrogen and oxygen atoms in total. The van der Waals surface area contributed by atoms with Crippen LogP contribution in [0.3, 0.4) is 0 Å². The molecule has 0 spiro atoms. The summed E-state index contributed by atoms with van der Waals surface area (Å²) in [4.78, 5) is 25.4. The highest BCUT2D eigenvalue weighted by molar-refractivity contribution is 7.19. The second kappa shape index (κ2) is 5.05. The Balaban J connectivity index is 1.80. The molecule has 2 aromatic heterocycles. The van der Waals surface area contributed by atoms with Crippen LogP contribution in [0.25, 0.3) is 10.2 Å². The Kier molecular flexibility index (Phi) is 3.17. The number of Topliss-reactive ketones (excluding diaryl/α,β-unsaturated/α-hetero) is 1. The third-order valence-corrected chi connectivity index (χ3v) is 5.85. The van der Waals surface area contributed by atoms with E-state index in [4.69, 9.17) is 0 Å². The highest BCUT2D eigenvalue weighted by Gasteiger charge is 2.26. The summed E-state index contributed by atoms with van der Waals surface area (Å²) >= 11 is 1.84. The minimum absolute atomic E-state index is 0.373. The first-order valence-corrected chi connectivity index (χ1v) is 8.56. The molecule has 1 fully saturated rings. The van der Waals surface area contributed by atoms with E-state index in [9.17, 15) is 4.79 Å². The van der Waals surface area contributed by atoms with E-state index in [0.29, 0.717) is 18.6 Å². The Morgan fingerprint density at radius 1 is 1.24 bits per heavy atom.